The number of amides is 1. The highest BCUT2D eigenvalue weighted by Gasteiger charge is 2.28. The van der Waals surface area contributed by atoms with Gasteiger partial charge in [0.15, 0.2) is 0 Å². The maximum atomic E-state index is 11.8. The summed E-state index contributed by atoms with van der Waals surface area (Å²) in [6.07, 6.45) is 4.06. The first kappa shape index (κ1) is 14.9. The van der Waals surface area contributed by atoms with Gasteiger partial charge in [0.05, 0.1) is 13.2 Å². The van der Waals surface area contributed by atoms with Gasteiger partial charge in [-0.1, -0.05) is 0 Å². The molecule has 0 unspecified atom stereocenters. The Morgan fingerprint density at radius 2 is 2.20 bits per heavy atom. The van der Waals surface area contributed by atoms with E-state index in [0.29, 0.717) is 32.3 Å². The van der Waals surface area contributed by atoms with Crippen LogP contribution in [-0.4, -0.2) is 54.6 Å². The molecule has 1 aliphatic carbocycles. The van der Waals surface area contributed by atoms with Crippen molar-refractivity contribution in [3.05, 3.63) is 11.6 Å². The second-order valence-electron chi connectivity index (χ2n) is 4.89. The van der Waals surface area contributed by atoms with Gasteiger partial charge in [-0.25, -0.2) is 4.98 Å². The van der Waals surface area contributed by atoms with E-state index in [9.17, 15) is 4.79 Å². The molecule has 1 aromatic heterocycles. The third kappa shape index (κ3) is 4.90. The minimum Gasteiger partial charge on any atom is -0.382 e. The first-order chi connectivity index (χ1) is 9.81. The van der Waals surface area contributed by atoms with Crippen LogP contribution in [0.3, 0.4) is 0 Å². The quantitative estimate of drug-likeness (QED) is 0.621. The molecule has 7 nitrogen and oxygen atoms in total. The molecular formula is C13H22N4O3. The van der Waals surface area contributed by atoms with Crippen LogP contribution in [0.15, 0.2) is 0 Å². The zero-order valence-electron chi connectivity index (χ0n) is 11.9. The second-order valence-corrected chi connectivity index (χ2v) is 4.89. The van der Waals surface area contributed by atoms with Crippen molar-refractivity contribution in [2.24, 2.45) is 0 Å². The Morgan fingerprint density at radius 1 is 1.35 bits per heavy atom. The summed E-state index contributed by atoms with van der Waals surface area (Å²) in [4.78, 5) is 16.0. The van der Waals surface area contributed by atoms with Crippen molar-refractivity contribution in [3.8, 4) is 0 Å². The second kappa shape index (κ2) is 7.96. The Bertz CT molecular complexity index is 418. The number of H-pyrrole nitrogens is 1. The van der Waals surface area contributed by atoms with E-state index >= 15 is 0 Å². The molecule has 0 aliphatic heterocycles. The average molecular weight is 282 g/mol. The lowest BCUT2D eigenvalue weighted by molar-refractivity contribution is 0.0686. The van der Waals surface area contributed by atoms with Gasteiger partial charge in [-0.15, -0.1) is 5.10 Å². The van der Waals surface area contributed by atoms with E-state index < -0.39 is 0 Å². The van der Waals surface area contributed by atoms with Crippen LogP contribution in [0.2, 0.25) is 0 Å². The largest absolute Gasteiger partial charge is 0.382 e. The van der Waals surface area contributed by atoms with Crippen LogP contribution in [0, 0.1) is 0 Å². The van der Waals surface area contributed by atoms with Gasteiger partial charge in [0.1, 0.15) is 5.82 Å². The lowest BCUT2D eigenvalue weighted by Gasteiger charge is -2.04. The summed E-state index contributed by atoms with van der Waals surface area (Å²) in [6.45, 7) is 2.53. The highest BCUT2D eigenvalue weighted by Crippen LogP contribution is 2.37. The monoisotopic (exact) mass is 282 g/mol. The van der Waals surface area contributed by atoms with Crippen molar-refractivity contribution in [1.82, 2.24) is 20.5 Å². The third-order valence-electron chi connectivity index (χ3n) is 3.10. The molecule has 2 N–H and O–H groups in total. The number of hydrogen-bond acceptors (Lipinski definition) is 5. The fourth-order valence-corrected chi connectivity index (χ4v) is 1.77. The number of aromatic nitrogens is 3. The molecule has 1 saturated carbocycles. The molecule has 1 amide bonds. The molecule has 1 heterocycles. The summed E-state index contributed by atoms with van der Waals surface area (Å²) < 4.78 is 10.2. The molecule has 112 valence electrons. The zero-order chi connectivity index (χ0) is 14.2. The molecule has 7 heteroatoms. The minimum absolute atomic E-state index is 0.214. The van der Waals surface area contributed by atoms with Crippen LogP contribution in [0.5, 0.6) is 0 Å². The van der Waals surface area contributed by atoms with Crippen LogP contribution < -0.4 is 5.32 Å². The van der Waals surface area contributed by atoms with Crippen LogP contribution >= 0.6 is 0 Å². The van der Waals surface area contributed by atoms with Crippen molar-refractivity contribution < 1.29 is 14.3 Å². The van der Waals surface area contributed by atoms with E-state index in [1.165, 1.54) is 0 Å². The van der Waals surface area contributed by atoms with Gasteiger partial charge >= 0.3 is 0 Å². The van der Waals surface area contributed by atoms with E-state index in [1.807, 2.05) is 0 Å². The number of unbranched alkanes of at least 4 members (excludes halogenated alkanes) is 1. The van der Waals surface area contributed by atoms with E-state index in [1.54, 1.807) is 7.11 Å². The topological polar surface area (TPSA) is 89.1 Å². The highest BCUT2D eigenvalue weighted by molar-refractivity contribution is 5.90. The van der Waals surface area contributed by atoms with Crippen LogP contribution in [0.1, 0.15) is 48.0 Å². The number of carbonyl (C=O) groups is 1. The number of methoxy groups -OCH3 is 1. The molecule has 1 aliphatic rings. The average Bonchev–Trinajstić information content (AvgIpc) is 3.19. The van der Waals surface area contributed by atoms with Crippen LogP contribution in [-0.2, 0) is 9.47 Å². The summed E-state index contributed by atoms with van der Waals surface area (Å²) >= 11 is 0. The highest BCUT2D eigenvalue weighted by atomic mass is 16.5. The summed E-state index contributed by atoms with van der Waals surface area (Å²) in [7, 11) is 1.65. The van der Waals surface area contributed by atoms with Gasteiger partial charge in [0, 0.05) is 26.2 Å². The summed E-state index contributed by atoms with van der Waals surface area (Å²) in [5.74, 6) is 1.34. The molecule has 0 saturated heterocycles. The predicted molar refractivity (Wildman–Crippen MR) is 72.6 cm³/mol. The Kier molecular flexibility index (Phi) is 5.94. The number of ether oxygens (including phenoxy) is 2. The van der Waals surface area contributed by atoms with Crippen molar-refractivity contribution in [3.63, 3.8) is 0 Å². The number of rotatable bonds is 10. The number of nitrogens with one attached hydrogen (secondary N) is 2. The molecule has 1 aromatic rings. The van der Waals surface area contributed by atoms with Gasteiger partial charge in [-0.3, -0.25) is 9.89 Å². The minimum atomic E-state index is -0.214. The maximum Gasteiger partial charge on any atom is 0.290 e. The Morgan fingerprint density at radius 3 is 2.95 bits per heavy atom. The molecule has 0 spiro atoms. The molecule has 0 radical (unpaired) electrons. The van der Waals surface area contributed by atoms with Gasteiger partial charge in [0.2, 0.25) is 5.82 Å². The standard InChI is InChI=1S/C13H22N4O3/c1-19-8-9-20-7-3-2-6-14-13(18)12-15-11(16-17-12)10-4-5-10/h10H,2-9H2,1H3,(H,14,18)(H,15,16,17). The first-order valence-corrected chi connectivity index (χ1v) is 7.08. The maximum absolute atomic E-state index is 11.8. The molecule has 1 fully saturated rings. The summed E-state index contributed by atoms with van der Waals surface area (Å²) in [5, 5.41) is 9.57. The van der Waals surface area contributed by atoms with E-state index in [4.69, 9.17) is 9.47 Å². The number of hydrogen-bond donors (Lipinski definition) is 2. The molecule has 0 aromatic carbocycles. The van der Waals surface area contributed by atoms with Gasteiger partial charge < -0.3 is 14.8 Å². The van der Waals surface area contributed by atoms with E-state index in [0.717, 1.165) is 31.5 Å². The summed E-state index contributed by atoms with van der Waals surface area (Å²) in [5.41, 5.74) is 0. The van der Waals surface area contributed by atoms with Gasteiger partial charge in [-0.05, 0) is 25.7 Å². The molecule has 0 atom stereocenters. The Hall–Kier alpha value is -1.47. The predicted octanol–water partition coefficient (Wildman–Crippen LogP) is 0.855. The summed E-state index contributed by atoms with van der Waals surface area (Å²) in [6, 6.07) is 0. The lowest BCUT2D eigenvalue weighted by Crippen LogP contribution is -2.25. The number of carbonyl (C=O) groups excluding carboxylic acids is 1. The lowest BCUT2D eigenvalue weighted by atomic mass is 10.3. The van der Waals surface area contributed by atoms with Crippen molar-refractivity contribution >= 4 is 5.91 Å². The van der Waals surface area contributed by atoms with E-state index in [2.05, 4.69) is 20.5 Å². The molecule has 0 bridgehead atoms. The molecule has 2 rings (SSSR count). The molecular weight excluding hydrogens is 260 g/mol. The Balaban J connectivity index is 1.53. The van der Waals surface area contributed by atoms with E-state index in [-0.39, 0.29) is 11.7 Å². The van der Waals surface area contributed by atoms with Crippen molar-refractivity contribution in [2.75, 3.05) is 33.5 Å². The fourth-order valence-electron chi connectivity index (χ4n) is 1.77. The van der Waals surface area contributed by atoms with Crippen LogP contribution in [0.4, 0.5) is 0 Å². The first-order valence-electron chi connectivity index (χ1n) is 7.08. The Labute approximate surface area is 118 Å². The smallest absolute Gasteiger partial charge is 0.290 e. The fraction of sp³-hybridized carbons (Fsp3) is 0.769. The third-order valence-corrected chi connectivity index (χ3v) is 3.10. The van der Waals surface area contributed by atoms with Gasteiger partial charge in [-0.2, -0.15) is 0 Å². The number of nitrogens with zero attached hydrogens (tertiary/aromatic N) is 2. The van der Waals surface area contributed by atoms with Crippen molar-refractivity contribution in [1.29, 1.82) is 0 Å². The zero-order valence-corrected chi connectivity index (χ0v) is 11.9. The SMILES string of the molecule is COCCOCCCCNC(=O)c1n[nH]c(C2CC2)n1. The van der Waals surface area contributed by atoms with Gasteiger partial charge in [0.25, 0.3) is 5.91 Å². The molecule has 20 heavy (non-hydrogen) atoms. The van der Waals surface area contributed by atoms with Crippen molar-refractivity contribution in [2.45, 2.75) is 31.6 Å². The normalized spacial score (nSPS) is 14.4. The number of aromatic amines is 1. The van der Waals surface area contributed by atoms with Crippen LogP contribution in [0.25, 0.3) is 0 Å².